The van der Waals surface area contributed by atoms with Crippen LogP contribution < -0.4 is 5.32 Å². The summed E-state index contributed by atoms with van der Waals surface area (Å²) >= 11 is 4.45. The molecule has 0 saturated carbocycles. The molecule has 1 fully saturated rings. The number of aromatic nitrogens is 1. The van der Waals surface area contributed by atoms with Crippen LogP contribution in [-0.4, -0.2) is 65.9 Å². The smallest absolute Gasteiger partial charge is 0.245 e. The van der Waals surface area contributed by atoms with E-state index in [1.165, 1.54) is 16.3 Å². The Bertz CT molecular complexity index is 1280. The number of nitrogens with zero attached hydrogens (tertiary/aromatic N) is 3. The number of benzene rings is 2. The first kappa shape index (κ1) is 23.2. The van der Waals surface area contributed by atoms with Crippen molar-refractivity contribution in [3.05, 3.63) is 66.9 Å². The molecule has 10 heteroatoms. The van der Waals surface area contributed by atoms with Crippen molar-refractivity contribution in [2.24, 2.45) is 0 Å². The fourth-order valence-electron chi connectivity index (χ4n) is 3.90. The van der Waals surface area contributed by atoms with Crippen molar-refractivity contribution in [2.75, 3.05) is 25.5 Å². The first-order valence-corrected chi connectivity index (χ1v) is 12.4. The van der Waals surface area contributed by atoms with Gasteiger partial charge in [0.25, 0.3) is 0 Å². The van der Waals surface area contributed by atoms with Gasteiger partial charge < -0.3 is 10.2 Å². The fraction of sp³-hybridized carbons (Fsp3) is 0.261. The van der Waals surface area contributed by atoms with Gasteiger partial charge >= 0.3 is 0 Å². The summed E-state index contributed by atoms with van der Waals surface area (Å²) in [5, 5.41) is 4.06. The van der Waals surface area contributed by atoms with Gasteiger partial charge in [0.1, 0.15) is 11.9 Å². The number of rotatable bonds is 6. The highest BCUT2D eigenvalue weighted by Gasteiger charge is 2.44. The van der Waals surface area contributed by atoms with E-state index in [9.17, 15) is 18.0 Å². The summed E-state index contributed by atoms with van der Waals surface area (Å²) in [5.41, 5.74) is 0. The van der Waals surface area contributed by atoms with Crippen LogP contribution in [0.15, 0.2) is 71.8 Å². The molecule has 3 aromatic rings. The quantitative estimate of drug-likeness (QED) is 0.524. The Hall–Kier alpha value is -2.95. The number of hydrogen-bond acceptors (Lipinski definition) is 6. The zero-order valence-corrected chi connectivity index (χ0v) is 19.7. The van der Waals surface area contributed by atoms with Crippen LogP contribution in [0.3, 0.4) is 0 Å². The average molecular weight is 485 g/mol. The number of hydrogen-bond donors (Lipinski definition) is 2. The zero-order valence-electron chi connectivity index (χ0n) is 18.0. The Morgan fingerprint density at radius 1 is 1.12 bits per heavy atom. The van der Waals surface area contributed by atoms with E-state index in [0.717, 1.165) is 10.8 Å². The van der Waals surface area contributed by atoms with E-state index >= 15 is 0 Å². The number of nitrogens with one attached hydrogen (secondary N) is 1. The molecule has 8 nitrogen and oxygen atoms in total. The van der Waals surface area contributed by atoms with E-state index in [2.05, 4.69) is 22.9 Å². The molecule has 2 heterocycles. The molecule has 2 aromatic carbocycles. The standard InChI is InChI=1S/C23H24N4O4S2/c1-26(15-22(28)25-21-8-4-5-11-24-21)23(29)20-13-18(32)14-27(20)33(30,31)19-10-9-16-6-2-3-7-17(16)12-19/h2-12,18,20,32H,13-15H2,1H3,(H,24,25,28)/t18-,20+/m1/s1. The van der Waals surface area contributed by atoms with E-state index in [1.807, 2.05) is 24.3 Å². The van der Waals surface area contributed by atoms with Crippen LogP contribution in [0.5, 0.6) is 0 Å². The number of amides is 2. The number of carbonyl (C=O) groups is 2. The summed E-state index contributed by atoms with van der Waals surface area (Å²) in [6.45, 7) is -0.115. The van der Waals surface area contributed by atoms with Gasteiger partial charge in [-0.15, -0.1) is 0 Å². The molecule has 0 spiro atoms. The third-order valence-electron chi connectivity index (χ3n) is 5.54. The van der Waals surface area contributed by atoms with Crippen LogP contribution in [0.25, 0.3) is 10.8 Å². The first-order chi connectivity index (χ1) is 15.8. The molecule has 1 saturated heterocycles. The maximum absolute atomic E-state index is 13.5. The Morgan fingerprint density at radius 2 is 1.85 bits per heavy atom. The number of anilines is 1. The molecule has 2 amide bonds. The summed E-state index contributed by atoms with van der Waals surface area (Å²) in [4.78, 5) is 30.9. The largest absolute Gasteiger partial charge is 0.335 e. The highest BCUT2D eigenvalue weighted by atomic mass is 32.2. The second-order valence-corrected chi connectivity index (χ2v) is 10.6. The number of fused-ring (bicyclic) bond motifs is 1. The molecule has 172 valence electrons. The average Bonchev–Trinajstić information content (AvgIpc) is 3.21. The van der Waals surface area contributed by atoms with Crippen molar-refractivity contribution in [1.82, 2.24) is 14.2 Å². The van der Waals surface area contributed by atoms with Gasteiger partial charge in [-0.25, -0.2) is 13.4 Å². The van der Waals surface area contributed by atoms with Crippen LogP contribution in [0.4, 0.5) is 5.82 Å². The van der Waals surface area contributed by atoms with Crippen LogP contribution in [0.2, 0.25) is 0 Å². The third kappa shape index (κ3) is 5.02. The van der Waals surface area contributed by atoms with Gasteiger partial charge in [-0.1, -0.05) is 36.4 Å². The van der Waals surface area contributed by atoms with Crippen molar-refractivity contribution < 1.29 is 18.0 Å². The molecule has 0 bridgehead atoms. The maximum atomic E-state index is 13.5. The van der Waals surface area contributed by atoms with Gasteiger partial charge in [0.05, 0.1) is 11.4 Å². The monoisotopic (exact) mass is 484 g/mol. The lowest BCUT2D eigenvalue weighted by atomic mass is 10.1. The summed E-state index contributed by atoms with van der Waals surface area (Å²) in [7, 11) is -2.46. The minimum absolute atomic E-state index is 0.114. The van der Waals surface area contributed by atoms with Crippen molar-refractivity contribution in [2.45, 2.75) is 22.6 Å². The zero-order chi connectivity index (χ0) is 23.6. The molecule has 4 rings (SSSR count). The first-order valence-electron chi connectivity index (χ1n) is 10.4. The molecule has 1 N–H and O–H groups in total. The number of carbonyl (C=O) groups excluding carboxylic acids is 2. The van der Waals surface area contributed by atoms with E-state index in [1.54, 1.807) is 42.6 Å². The predicted molar refractivity (Wildman–Crippen MR) is 130 cm³/mol. The second kappa shape index (κ2) is 9.50. The number of thiol groups is 1. The Balaban J connectivity index is 1.52. The van der Waals surface area contributed by atoms with E-state index in [-0.39, 0.29) is 29.7 Å². The van der Waals surface area contributed by atoms with Crippen molar-refractivity contribution in [3.8, 4) is 0 Å². The Morgan fingerprint density at radius 3 is 2.58 bits per heavy atom. The van der Waals surface area contributed by atoms with Gasteiger partial charge in [-0.05, 0) is 41.5 Å². The van der Waals surface area contributed by atoms with Crippen LogP contribution in [-0.2, 0) is 19.6 Å². The lowest BCUT2D eigenvalue weighted by Crippen LogP contribution is -2.48. The molecular formula is C23H24N4O4S2. The van der Waals surface area contributed by atoms with Gasteiger partial charge in [-0.3, -0.25) is 9.59 Å². The van der Waals surface area contributed by atoms with Crippen LogP contribution in [0, 0.1) is 0 Å². The molecule has 2 atom stereocenters. The van der Waals surface area contributed by atoms with E-state index in [0.29, 0.717) is 5.82 Å². The Labute approximate surface area is 198 Å². The lowest BCUT2D eigenvalue weighted by molar-refractivity contribution is -0.136. The van der Waals surface area contributed by atoms with Crippen molar-refractivity contribution >= 4 is 51.1 Å². The molecule has 1 aromatic heterocycles. The minimum atomic E-state index is -3.94. The molecule has 1 aliphatic heterocycles. The number of likely N-dealkylation sites (N-methyl/N-ethyl adjacent to an activating group) is 1. The highest BCUT2D eigenvalue weighted by molar-refractivity contribution is 7.89. The molecule has 33 heavy (non-hydrogen) atoms. The van der Waals surface area contributed by atoms with Gasteiger partial charge in [-0.2, -0.15) is 16.9 Å². The summed E-state index contributed by atoms with van der Waals surface area (Å²) in [6, 6.07) is 16.6. The van der Waals surface area contributed by atoms with Gasteiger partial charge in [0.2, 0.25) is 21.8 Å². The topological polar surface area (TPSA) is 99.7 Å². The lowest BCUT2D eigenvalue weighted by Gasteiger charge is -2.27. The summed E-state index contributed by atoms with van der Waals surface area (Å²) in [6.07, 6.45) is 1.81. The van der Waals surface area contributed by atoms with Crippen LogP contribution >= 0.6 is 12.6 Å². The maximum Gasteiger partial charge on any atom is 0.245 e. The molecule has 0 aliphatic carbocycles. The van der Waals surface area contributed by atoms with Crippen LogP contribution in [0.1, 0.15) is 6.42 Å². The number of sulfonamides is 1. The normalized spacial score (nSPS) is 18.8. The predicted octanol–water partition coefficient (Wildman–Crippen LogP) is 2.39. The fourth-order valence-corrected chi connectivity index (χ4v) is 6.06. The van der Waals surface area contributed by atoms with Gasteiger partial charge in [0.15, 0.2) is 0 Å². The highest BCUT2D eigenvalue weighted by Crippen LogP contribution is 2.31. The molecular weight excluding hydrogens is 460 g/mol. The Kier molecular flexibility index (Phi) is 6.68. The van der Waals surface area contributed by atoms with E-state index < -0.39 is 27.9 Å². The minimum Gasteiger partial charge on any atom is -0.335 e. The molecule has 0 radical (unpaired) electrons. The number of pyridine rings is 1. The van der Waals surface area contributed by atoms with Crippen molar-refractivity contribution in [3.63, 3.8) is 0 Å². The van der Waals surface area contributed by atoms with Gasteiger partial charge in [0, 0.05) is 25.0 Å². The SMILES string of the molecule is CN(CC(=O)Nc1ccccn1)C(=O)[C@@H]1C[C@@H](S)CN1S(=O)(=O)c1ccc2ccccc2c1. The second-order valence-electron chi connectivity index (χ2n) is 7.95. The summed E-state index contributed by atoms with van der Waals surface area (Å²) < 4.78 is 28.1. The molecule has 0 unspecified atom stereocenters. The third-order valence-corrected chi connectivity index (χ3v) is 7.78. The molecule has 1 aliphatic rings. The summed E-state index contributed by atoms with van der Waals surface area (Å²) in [5.74, 6) is -0.499. The van der Waals surface area contributed by atoms with Crippen molar-refractivity contribution in [1.29, 1.82) is 0 Å². The van der Waals surface area contributed by atoms with E-state index in [4.69, 9.17) is 0 Å².